The Kier molecular flexibility index (Phi) is 2.65. The first-order valence-electron chi connectivity index (χ1n) is 6.79. The second-order valence-corrected chi connectivity index (χ2v) is 5.50. The van der Waals surface area contributed by atoms with Crippen LogP contribution in [0.25, 0.3) is 27.5 Å². The molecule has 4 rings (SSSR count). The molecule has 2 aromatic heterocycles. The number of aryl methyl sites for hydroxylation is 1. The minimum absolute atomic E-state index is 0.712. The van der Waals surface area contributed by atoms with Crippen LogP contribution < -0.4 is 0 Å². The van der Waals surface area contributed by atoms with E-state index < -0.39 is 0 Å². The van der Waals surface area contributed by atoms with E-state index >= 15 is 0 Å². The van der Waals surface area contributed by atoms with Crippen molar-refractivity contribution >= 4 is 34.0 Å². The summed E-state index contributed by atoms with van der Waals surface area (Å²) in [6.07, 6.45) is 3.69. The molecule has 4 aromatic rings. The van der Waals surface area contributed by atoms with Crippen LogP contribution in [0.1, 0.15) is 5.56 Å². The largest absolute Gasteiger partial charge is 0.330 e. The number of H-pyrrole nitrogens is 1. The van der Waals surface area contributed by atoms with Gasteiger partial charge in [0.05, 0.1) is 16.7 Å². The Morgan fingerprint density at radius 1 is 1.10 bits per heavy atom. The average Bonchev–Trinajstić information content (AvgIpc) is 2.84. The van der Waals surface area contributed by atoms with Crippen LogP contribution in [0.4, 0.5) is 0 Å². The van der Waals surface area contributed by atoms with E-state index in [1.807, 2.05) is 24.5 Å². The van der Waals surface area contributed by atoms with Gasteiger partial charge in [-0.15, -0.1) is 0 Å². The smallest absolute Gasteiger partial charge is 0.182 e. The Labute approximate surface area is 126 Å². The first-order valence-corrected chi connectivity index (χ1v) is 7.20. The highest BCUT2D eigenvalue weighted by atomic mass is 32.1. The van der Waals surface area contributed by atoms with Crippen molar-refractivity contribution in [2.75, 3.05) is 0 Å². The number of fused-ring (bicyclic) bond motifs is 2. The summed E-state index contributed by atoms with van der Waals surface area (Å²) in [6, 6.07) is 14.5. The van der Waals surface area contributed by atoms with Gasteiger partial charge >= 0.3 is 0 Å². The summed E-state index contributed by atoms with van der Waals surface area (Å²) < 4.78 is 2.81. The van der Waals surface area contributed by atoms with Crippen molar-refractivity contribution in [3.63, 3.8) is 0 Å². The lowest BCUT2D eigenvalue weighted by Crippen LogP contribution is -1.95. The summed E-state index contributed by atoms with van der Waals surface area (Å²) in [5, 5.41) is 2.25. The number of nitrogens with one attached hydrogen (secondary N) is 1. The van der Waals surface area contributed by atoms with Gasteiger partial charge < -0.3 is 4.98 Å². The highest BCUT2D eigenvalue weighted by Crippen LogP contribution is 2.27. The van der Waals surface area contributed by atoms with Gasteiger partial charge in [-0.05, 0) is 42.9 Å². The van der Waals surface area contributed by atoms with Crippen molar-refractivity contribution in [1.29, 1.82) is 0 Å². The van der Waals surface area contributed by atoms with E-state index in [1.165, 1.54) is 5.56 Å². The second kappa shape index (κ2) is 4.53. The molecule has 2 heterocycles. The fourth-order valence-electron chi connectivity index (χ4n) is 2.81. The molecule has 0 radical (unpaired) electrons. The van der Waals surface area contributed by atoms with Crippen molar-refractivity contribution in [1.82, 2.24) is 14.5 Å². The molecule has 0 amide bonds. The summed E-state index contributed by atoms with van der Waals surface area (Å²) in [5.74, 6) is 0. The van der Waals surface area contributed by atoms with Crippen LogP contribution in [0.15, 0.2) is 54.9 Å². The molecule has 0 saturated heterocycles. The normalized spacial score (nSPS) is 11.3. The molecule has 3 nitrogen and oxygen atoms in total. The number of hydrogen-bond acceptors (Lipinski definition) is 2. The van der Waals surface area contributed by atoms with E-state index in [9.17, 15) is 0 Å². The van der Waals surface area contributed by atoms with E-state index in [1.54, 1.807) is 0 Å². The summed E-state index contributed by atoms with van der Waals surface area (Å²) >= 11 is 5.55. The van der Waals surface area contributed by atoms with Gasteiger partial charge in [-0.3, -0.25) is 9.55 Å². The monoisotopic (exact) mass is 291 g/mol. The van der Waals surface area contributed by atoms with E-state index in [-0.39, 0.29) is 0 Å². The summed E-state index contributed by atoms with van der Waals surface area (Å²) in [5.41, 5.74) is 4.47. The van der Waals surface area contributed by atoms with Gasteiger partial charge in [-0.25, -0.2) is 0 Å². The average molecular weight is 291 g/mol. The number of hydrogen-bond donors (Lipinski definition) is 1. The zero-order chi connectivity index (χ0) is 14.4. The second-order valence-electron chi connectivity index (χ2n) is 5.11. The highest BCUT2D eigenvalue weighted by molar-refractivity contribution is 7.71. The number of benzene rings is 2. The zero-order valence-corrected chi connectivity index (χ0v) is 12.3. The van der Waals surface area contributed by atoms with Gasteiger partial charge in [-0.1, -0.05) is 24.3 Å². The lowest BCUT2D eigenvalue weighted by atomic mass is 10.1. The molecular formula is C17H13N3S. The van der Waals surface area contributed by atoms with E-state index in [2.05, 4.69) is 51.8 Å². The topological polar surface area (TPSA) is 33.6 Å². The van der Waals surface area contributed by atoms with Crippen molar-refractivity contribution in [3.05, 3.63) is 65.2 Å². The molecule has 0 aliphatic rings. The molecule has 0 bridgehead atoms. The van der Waals surface area contributed by atoms with Crippen LogP contribution in [0.2, 0.25) is 0 Å². The first-order chi connectivity index (χ1) is 10.3. The number of nitrogens with zero attached hydrogens (tertiary/aromatic N) is 2. The fraction of sp³-hybridized carbons (Fsp3) is 0.0588. The van der Waals surface area contributed by atoms with Crippen LogP contribution in [0.5, 0.6) is 0 Å². The Morgan fingerprint density at radius 3 is 2.86 bits per heavy atom. The maximum absolute atomic E-state index is 5.55. The third-order valence-corrected chi connectivity index (χ3v) is 4.11. The quantitative estimate of drug-likeness (QED) is 0.522. The van der Waals surface area contributed by atoms with Crippen molar-refractivity contribution in [3.8, 4) is 5.69 Å². The van der Waals surface area contributed by atoms with Crippen LogP contribution in [0.3, 0.4) is 0 Å². The standard InChI is InChI=1S/C17H13N3S/c1-11-4-2-7-15-16(11)19-17(21)20(15)14-6-3-5-12-10-18-9-8-13(12)14/h2-10H,1H3,(H,19,21). The number of rotatable bonds is 1. The summed E-state index contributed by atoms with van der Waals surface area (Å²) in [4.78, 5) is 7.51. The summed E-state index contributed by atoms with van der Waals surface area (Å²) in [6.45, 7) is 2.09. The molecule has 4 heteroatoms. The van der Waals surface area contributed by atoms with Gasteiger partial charge in [0, 0.05) is 23.2 Å². The van der Waals surface area contributed by atoms with Gasteiger partial charge in [0.1, 0.15) is 0 Å². The summed E-state index contributed by atoms with van der Waals surface area (Å²) in [7, 11) is 0. The van der Waals surface area contributed by atoms with Crippen molar-refractivity contribution in [2.24, 2.45) is 0 Å². The van der Waals surface area contributed by atoms with Gasteiger partial charge in [-0.2, -0.15) is 0 Å². The molecule has 2 aromatic carbocycles. The van der Waals surface area contributed by atoms with E-state index in [4.69, 9.17) is 12.2 Å². The van der Waals surface area contributed by atoms with Gasteiger partial charge in [0.2, 0.25) is 0 Å². The predicted molar refractivity (Wildman–Crippen MR) is 88.5 cm³/mol. The number of aromatic nitrogens is 3. The minimum Gasteiger partial charge on any atom is -0.330 e. The van der Waals surface area contributed by atoms with E-state index in [0.717, 1.165) is 27.5 Å². The molecule has 1 N–H and O–H groups in total. The lowest BCUT2D eigenvalue weighted by Gasteiger charge is -2.08. The van der Waals surface area contributed by atoms with Crippen LogP contribution in [-0.4, -0.2) is 14.5 Å². The Morgan fingerprint density at radius 2 is 1.95 bits per heavy atom. The molecule has 0 aliphatic carbocycles. The predicted octanol–water partition coefficient (Wildman–Crippen LogP) is 4.54. The van der Waals surface area contributed by atoms with Crippen molar-refractivity contribution < 1.29 is 0 Å². The van der Waals surface area contributed by atoms with E-state index in [0.29, 0.717) is 4.77 Å². The van der Waals surface area contributed by atoms with Crippen molar-refractivity contribution in [2.45, 2.75) is 6.92 Å². The maximum atomic E-state index is 5.55. The number of para-hydroxylation sites is 1. The Bertz CT molecular complexity index is 1020. The molecule has 0 aliphatic heterocycles. The number of pyridine rings is 1. The van der Waals surface area contributed by atoms with Gasteiger partial charge in [0.25, 0.3) is 0 Å². The molecule has 0 saturated carbocycles. The maximum Gasteiger partial charge on any atom is 0.182 e. The Hall–Kier alpha value is -2.46. The fourth-order valence-corrected chi connectivity index (χ4v) is 3.11. The number of aromatic amines is 1. The zero-order valence-electron chi connectivity index (χ0n) is 11.5. The van der Waals surface area contributed by atoms with Crippen LogP contribution in [0, 0.1) is 11.7 Å². The number of imidazole rings is 1. The molecule has 0 atom stereocenters. The SMILES string of the molecule is Cc1cccc2c1[nH]c(=S)n2-c1cccc2cnccc12. The van der Waals surface area contributed by atoms with Crippen LogP contribution in [-0.2, 0) is 0 Å². The third-order valence-electron chi connectivity index (χ3n) is 3.83. The van der Waals surface area contributed by atoms with Gasteiger partial charge in [0.15, 0.2) is 4.77 Å². The molecule has 0 unspecified atom stereocenters. The molecular weight excluding hydrogens is 278 g/mol. The van der Waals surface area contributed by atoms with Crippen LogP contribution >= 0.6 is 12.2 Å². The molecule has 21 heavy (non-hydrogen) atoms. The molecule has 0 spiro atoms. The first kappa shape index (κ1) is 12.3. The Balaban J connectivity index is 2.17. The third kappa shape index (κ3) is 1.80. The molecule has 102 valence electrons. The lowest BCUT2D eigenvalue weighted by molar-refractivity contribution is 1.08. The highest BCUT2D eigenvalue weighted by Gasteiger charge is 2.10. The minimum atomic E-state index is 0.712. The molecule has 0 fully saturated rings.